The van der Waals surface area contributed by atoms with Crippen LogP contribution in [0, 0.1) is 0 Å². The first-order valence-electron chi connectivity index (χ1n) is 4.81. The number of nitrogens with zero attached hydrogens (tertiary/aromatic N) is 1. The molecular weight excluding hydrogens is 254 g/mol. The molecule has 3 N–H and O–H groups in total. The van der Waals surface area contributed by atoms with Gasteiger partial charge in [-0.25, -0.2) is 0 Å². The first kappa shape index (κ1) is 10.4. The van der Waals surface area contributed by atoms with Gasteiger partial charge in [-0.1, -0.05) is 30.3 Å². The van der Waals surface area contributed by atoms with Crippen molar-refractivity contribution in [2.24, 2.45) is 5.73 Å². The van der Waals surface area contributed by atoms with E-state index in [9.17, 15) is 0 Å². The lowest BCUT2D eigenvalue weighted by atomic mass is 10.1. The Bertz CT molecular complexity index is 436. The summed E-state index contributed by atoms with van der Waals surface area (Å²) in [6.45, 7) is 0.620. The number of aromatic nitrogens is 2. The van der Waals surface area contributed by atoms with Gasteiger partial charge in [0.2, 0.25) is 0 Å². The number of halogens is 1. The van der Waals surface area contributed by atoms with Gasteiger partial charge in [-0.2, -0.15) is 5.10 Å². The monoisotopic (exact) mass is 265 g/mol. The van der Waals surface area contributed by atoms with Gasteiger partial charge in [0.05, 0.1) is 10.2 Å². The second-order valence-corrected chi connectivity index (χ2v) is 4.06. The van der Waals surface area contributed by atoms with Crippen molar-refractivity contribution in [2.45, 2.75) is 6.42 Å². The zero-order valence-corrected chi connectivity index (χ0v) is 9.79. The highest BCUT2D eigenvalue weighted by Crippen LogP contribution is 2.28. The summed E-state index contributed by atoms with van der Waals surface area (Å²) in [4.78, 5) is 0. The van der Waals surface area contributed by atoms with E-state index in [1.54, 1.807) is 0 Å². The lowest BCUT2D eigenvalue weighted by Crippen LogP contribution is -2.03. The van der Waals surface area contributed by atoms with Crippen molar-refractivity contribution in [1.82, 2.24) is 10.2 Å². The van der Waals surface area contributed by atoms with E-state index < -0.39 is 0 Å². The van der Waals surface area contributed by atoms with Gasteiger partial charge in [-0.3, -0.25) is 5.10 Å². The third-order valence-corrected chi connectivity index (χ3v) is 3.07. The molecule has 0 fully saturated rings. The third kappa shape index (κ3) is 2.11. The molecule has 78 valence electrons. The second-order valence-electron chi connectivity index (χ2n) is 3.27. The molecule has 0 aliphatic carbocycles. The number of nitrogens with two attached hydrogens (primary N) is 1. The predicted molar refractivity (Wildman–Crippen MR) is 64.5 cm³/mol. The topological polar surface area (TPSA) is 54.7 Å². The van der Waals surface area contributed by atoms with Gasteiger partial charge >= 0.3 is 0 Å². The van der Waals surface area contributed by atoms with E-state index >= 15 is 0 Å². The lowest BCUT2D eigenvalue weighted by molar-refractivity contribution is 0.898. The van der Waals surface area contributed by atoms with Crippen molar-refractivity contribution in [1.29, 1.82) is 0 Å². The summed E-state index contributed by atoms with van der Waals surface area (Å²) in [5, 5.41) is 7.27. The first-order valence-corrected chi connectivity index (χ1v) is 5.60. The summed E-state index contributed by atoms with van der Waals surface area (Å²) < 4.78 is 1.01. The molecule has 4 heteroatoms. The normalized spacial score (nSPS) is 10.5. The molecule has 2 rings (SSSR count). The quantitative estimate of drug-likeness (QED) is 0.895. The summed E-state index contributed by atoms with van der Waals surface area (Å²) in [5.74, 6) is 0. The highest BCUT2D eigenvalue weighted by molar-refractivity contribution is 9.10. The summed E-state index contributed by atoms with van der Waals surface area (Å²) >= 11 is 3.54. The van der Waals surface area contributed by atoms with Crippen LogP contribution in [0.3, 0.4) is 0 Å². The molecule has 0 bridgehead atoms. The van der Waals surface area contributed by atoms with Gasteiger partial charge in [0.15, 0.2) is 0 Å². The number of benzene rings is 1. The van der Waals surface area contributed by atoms with Crippen molar-refractivity contribution in [2.75, 3.05) is 6.54 Å². The van der Waals surface area contributed by atoms with Crippen LogP contribution in [-0.2, 0) is 6.42 Å². The fraction of sp³-hybridized carbons (Fsp3) is 0.182. The molecule has 0 saturated carbocycles. The highest BCUT2D eigenvalue weighted by Gasteiger charge is 2.10. The Balaban J connectivity index is 2.38. The van der Waals surface area contributed by atoms with Crippen molar-refractivity contribution < 1.29 is 0 Å². The Morgan fingerprint density at radius 2 is 2.00 bits per heavy atom. The molecule has 0 saturated heterocycles. The van der Waals surface area contributed by atoms with Crippen LogP contribution in [0.5, 0.6) is 0 Å². The zero-order chi connectivity index (χ0) is 10.7. The number of hydrogen-bond donors (Lipinski definition) is 2. The van der Waals surface area contributed by atoms with Gasteiger partial charge in [0, 0.05) is 12.0 Å². The number of hydrogen-bond acceptors (Lipinski definition) is 2. The van der Waals surface area contributed by atoms with Crippen LogP contribution in [0.15, 0.2) is 34.8 Å². The van der Waals surface area contributed by atoms with Crippen molar-refractivity contribution in [3.8, 4) is 11.3 Å². The average Bonchev–Trinajstić information content (AvgIpc) is 2.63. The molecule has 0 spiro atoms. The number of nitrogens with one attached hydrogen (secondary N) is 1. The van der Waals surface area contributed by atoms with Gasteiger partial charge in [0.1, 0.15) is 5.69 Å². The van der Waals surface area contributed by atoms with Crippen LogP contribution < -0.4 is 5.73 Å². The van der Waals surface area contributed by atoms with Crippen LogP contribution in [0.25, 0.3) is 11.3 Å². The standard InChI is InChI=1S/C11H12BrN3/c12-10-9(6-7-13)14-15-11(10)8-4-2-1-3-5-8/h1-5H,6-7,13H2,(H,14,15). The molecule has 0 radical (unpaired) electrons. The summed E-state index contributed by atoms with van der Waals surface area (Å²) in [6.07, 6.45) is 0.806. The second kappa shape index (κ2) is 4.59. The fourth-order valence-corrected chi connectivity index (χ4v) is 2.07. The van der Waals surface area contributed by atoms with E-state index in [1.165, 1.54) is 0 Å². The molecule has 3 nitrogen and oxygen atoms in total. The SMILES string of the molecule is NCCc1[nH]nc(-c2ccccc2)c1Br. The minimum atomic E-state index is 0.620. The molecule has 0 amide bonds. The molecule has 2 aromatic rings. The maximum atomic E-state index is 5.51. The van der Waals surface area contributed by atoms with Crippen LogP contribution in [0.1, 0.15) is 5.69 Å². The van der Waals surface area contributed by atoms with Crippen molar-refractivity contribution in [3.63, 3.8) is 0 Å². The average molecular weight is 266 g/mol. The summed E-state index contributed by atoms with van der Waals surface area (Å²) in [6, 6.07) is 10.1. The Labute approximate surface area is 96.8 Å². The van der Waals surface area contributed by atoms with Gasteiger partial charge in [-0.05, 0) is 22.5 Å². The minimum absolute atomic E-state index is 0.620. The molecule has 1 aromatic carbocycles. The Hall–Kier alpha value is -1.13. The Morgan fingerprint density at radius 3 is 2.67 bits per heavy atom. The van der Waals surface area contributed by atoms with E-state index in [0.717, 1.165) is 27.8 Å². The highest BCUT2D eigenvalue weighted by atomic mass is 79.9. The van der Waals surface area contributed by atoms with Crippen molar-refractivity contribution >= 4 is 15.9 Å². The van der Waals surface area contributed by atoms with Crippen molar-refractivity contribution in [3.05, 3.63) is 40.5 Å². The first-order chi connectivity index (χ1) is 7.33. The summed E-state index contributed by atoms with van der Waals surface area (Å²) in [7, 11) is 0. The molecule has 1 heterocycles. The number of H-pyrrole nitrogens is 1. The zero-order valence-electron chi connectivity index (χ0n) is 8.20. The van der Waals surface area contributed by atoms with E-state index in [-0.39, 0.29) is 0 Å². The van der Waals surface area contributed by atoms with Gasteiger partial charge in [0.25, 0.3) is 0 Å². The Morgan fingerprint density at radius 1 is 1.27 bits per heavy atom. The molecule has 0 aliphatic heterocycles. The molecule has 15 heavy (non-hydrogen) atoms. The Kier molecular flexibility index (Phi) is 3.18. The molecule has 0 unspecified atom stereocenters. The van der Waals surface area contributed by atoms with Crippen LogP contribution in [-0.4, -0.2) is 16.7 Å². The van der Waals surface area contributed by atoms with Crippen LogP contribution in [0.4, 0.5) is 0 Å². The number of rotatable bonds is 3. The number of aromatic amines is 1. The minimum Gasteiger partial charge on any atom is -0.330 e. The smallest absolute Gasteiger partial charge is 0.107 e. The largest absolute Gasteiger partial charge is 0.330 e. The van der Waals surface area contributed by atoms with E-state index in [0.29, 0.717) is 6.54 Å². The van der Waals surface area contributed by atoms with Gasteiger partial charge < -0.3 is 5.73 Å². The fourth-order valence-electron chi connectivity index (χ4n) is 1.46. The predicted octanol–water partition coefficient (Wildman–Crippen LogP) is 2.34. The van der Waals surface area contributed by atoms with E-state index in [2.05, 4.69) is 26.1 Å². The summed E-state index contributed by atoms with van der Waals surface area (Å²) in [5.41, 5.74) is 8.61. The maximum absolute atomic E-state index is 5.51. The molecule has 1 aromatic heterocycles. The van der Waals surface area contributed by atoms with Crippen LogP contribution in [0.2, 0.25) is 0 Å². The molecule has 0 atom stereocenters. The van der Waals surface area contributed by atoms with E-state index in [4.69, 9.17) is 5.73 Å². The molecule has 0 aliphatic rings. The molecular formula is C11H12BrN3. The van der Waals surface area contributed by atoms with E-state index in [1.807, 2.05) is 30.3 Å². The van der Waals surface area contributed by atoms with Gasteiger partial charge in [-0.15, -0.1) is 0 Å². The third-order valence-electron chi connectivity index (χ3n) is 2.22. The lowest BCUT2D eigenvalue weighted by Gasteiger charge is -1.97. The maximum Gasteiger partial charge on any atom is 0.107 e. The van der Waals surface area contributed by atoms with Crippen LogP contribution >= 0.6 is 15.9 Å².